The van der Waals surface area contributed by atoms with Crippen LogP contribution in [0.3, 0.4) is 0 Å². The summed E-state index contributed by atoms with van der Waals surface area (Å²) in [6.07, 6.45) is 15.3. The Hall–Kier alpha value is -1.64. The summed E-state index contributed by atoms with van der Waals surface area (Å²) in [6.45, 7) is 28.6. The van der Waals surface area contributed by atoms with E-state index in [1.807, 2.05) is 121 Å². The van der Waals surface area contributed by atoms with Crippen LogP contribution in [0.5, 0.6) is 0 Å². The summed E-state index contributed by atoms with van der Waals surface area (Å²) in [6, 6.07) is 41.7. The summed E-state index contributed by atoms with van der Waals surface area (Å²) in [5.41, 5.74) is 4.27. The van der Waals surface area contributed by atoms with Gasteiger partial charge in [-0.2, -0.15) is 0 Å². The van der Waals surface area contributed by atoms with Gasteiger partial charge in [-0.15, -0.1) is 46.9 Å². The average molecular weight is 1050 g/mol. The minimum Gasteiger partial charge on any atom is -0.682 e. The van der Waals surface area contributed by atoms with E-state index in [1.54, 1.807) is 0 Å². The molecule has 4 aromatic carbocycles. The first-order valence-electron chi connectivity index (χ1n) is 26.7. The van der Waals surface area contributed by atoms with E-state index in [9.17, 15) is 0 Å². The van der Waals surface area contributed by atoms with E-state index in [1.165, 1.54) is 77.0 Å². The van der Waals surface area contributed by atoms with Crippen LogP contribution >= 0.6 is 0 Å². The van der Waals surface area contributed by atoms with Gasteiger partial charge in [0.25, 0.3) is 0 Å². The van der Waals surface area contributed by atoms with Crippen LogP contribution in [0.1, 0.15) is 132 Å². The first-order valence-corrected chi connectivity index (χ1v) is 26.7. The van der Waals surface area contributed by atoms with Gasteiger partial charge in [0.05, 0.1) is 0 Å². The monoisotopic (exact) mass is 1050 g/mol. The topological polar surface area (TPSA) is 112 Å². The molecule has 6 aliphatic rings. The average Bonchev–Trinajstić information content (AvgIpc) is 4.24. The fourth-order valence-electron chi connectivity index (χ4n) is 6.31. The summed E-state index contributed by atoms with van der Waals surface area (Å²) in [5, 5.41) is 17.4. The van der Waals surface area contributed by atoms with Crippen LogP contribution in [0.2, 0.25) is 0 Å². The maximum atomic E-state index is 4.94. The van der Waals surface area contributed by atoms with Crippen molar-refractivity contribution in [3.8, 4) is 0 Å². The molecule has 10 nitrogen and oxygen atoms in total. The molecule has 12 heteroatoms. The number of nitrogens with zero attached hydrogens (tertiary/aromatic N) is 4. The molecular weight excluding hydrogens is 953 g/mol. The Morgan fingerprint density at radius 2 is 0.361 bits per heavy atom. The van der Waals surface area contributed by atoms with Gasteiger partial charge in [0, 0.05) is 79.3 Å². The molecule has 0 unspecified atom stereocenters. The molecule has 0 bridgehead atoms. The first-order chi connectivity index (χ1) is 34.2. The van der Waals surface area contributed by atoms with Crippen LogP contribution in [0.15, 0.2) is 121 Å². The maximum Gasteiger partial charge on any atom is 2.00 e. The number of para-hydroxylation sites is 4. The van der Waals surface area contributed by atoms with Crippen molar-refractivity contribution in [1.29, 1.82) is 0 Å². The smallest absolute Gasteiger partial charge is 0.682 e. The van der Waals surface area contributed by atoms with Gasteiger partial charge in [-0.25, -0.2) is 0 Å². The summed E-state index contributed by atoms with van der Waals surface area (Å²) < 4.78 is 29.7. The van der Waals surface area contributed by atoms with Crippen LogP contribution < -0.4 is 0 Å². The molecule has 0 aliphatic carbocycles. The second kappa shape index (κ2) is 55.6. The van der Waals surface area contributed by atoms with Gasteiger partial charge < -0.3 is 49.7 Å². The SMILES string of the molecule is C1CCOC1.C1CCOC1.C1CCOC1.C1CCOC1.C1CCOC1.C1CCOC1.CC(C)[N-]c1ccccc1.CC(C)[N-]c1ccccc1.CC(C)[N-]c1ccccc1.CC(C)[N-]c1ccccc1.[Ca+2].[Ca+2]. The fraction of sp³-hybridized carbons (Fsp3) is 0.600. The van der Waals surface area contributed by atoms with Crippen molar-refractivity contribution < 1.29 is 28.4 Å². The van der Waals surface area contributed by atoms with Crippen molar-refractivity contribution in [3.63, 3.8) is 0 Å². The molecule has 6 fully saturated rings. The van der Waals surface area contributed by atoms with E-state index in [0.717, 1.165) is 102 Å². The molecule has 0 spiro atoms. The molecule has 0 saturated carbocycles. The predicted molar refractivity (Wildman–Crippen MR) is 310 cm³/mol. The predicted octanol–water partition coefficient (Wildman–Crippen LogP) is 16.4. The zero-order valence-corrected chi connectivity index (χ0v) is 50.9. The molecule has 72 heavy (non-hydrogen) atoms. The van der Waals surface area contributed by atoms with Crippen LogP contribution in [0.4, 0.5) is 22.7 Å². The Kier molecular flexibility index (Phi) is 55.9. The first kappa shape index (κ1) is 72.4. The third-order valence-electron chi connectivity index (χ3n) is 9.62. The number of rotatable bonds is 8. The molecule has 6 saturated heterocycles. The Bertz CT molecular complexity index is 1290. The van der Waals surface area contributed by atoms with Crippen LogP contribution in [-0.4, -0.2) is 179 Å². The maximum absolute atomic E-state index is 4.94. The van der Waals surface area contributed by atoms with E-state index in [4.69, 9.17) is 28.4 Å². The van der Waals surface area contributed by atoms with Crippen molar-refractivity contribution in [2.45, 2.75) is 157 Å². The Morgan fingerprint density at radius 3 is 0.444 bits per heavy atom. The molecule has 0 N–H and O–H groups in total. The zero-order valence-electron chi connectivity index (χ0n) is 46.5. The quantitative estimate of drug-likeness (QED) is 0.163. The molecule has 0 amide bonds. The van der Waals surface area contributed by atoms with Gasteiger partial charge in [0.15, 0.2) is 0 Å². The van der Waals surface area contributed by atoms with Gasteiger partial charge in [0.2, 0.25) is 0 Å². The summed E-state index contributed by atoms with van der Waals surface area (Å²) in [5.74, 6) is 0. The third-order valence-corrected chi connectivity index (χ3v) is 9.62. The third kappa shape index (κ3) is 53.2. The second-order valence-corrected chi connectivity index (χ2v) is 18.2. The fourth-order valence-corrected chi connectivity index (χ4v) is 6.31. The molecule has 0 atom stereocenters. The molecule has 6 aliphatic heterocycles. The number of hydrogen-bond donors (Lipinski definition) is 0. The largest absolute Gasteiger partial charge is 2.00 e. The van der Waals surface area contributed by atoms with Gasteiger partial charge in [-0.3, -0.25) is 0 Å². The van der Waals surface area contributed by atoms with Crippen molar-refractivity contribution in [2.24, 2.45) is 0 Å². The van der Waals surface area contributed by atoms with E-state index in [0.29, 0.717) is 24.2 Å². The summed E-state index contributed by atoms with van der Waals surface area (Å²) in [4.78, 5) is 0. The van der Waals surface area contributed by atoms with Gasteiger partial charge in [-0.05, 0) is 77.0 Å². The number of hydrogen-bond acceptors (Lipinski definition) is 6. The number of benzene rings is 4. The second-order valence-electron chi connectivity index (χ2n) is 18.2. The normalized spacial score (nSPS) is 15.5. The Morgan fingerprint density at radius 1 is 0.236 bits per heavy atom. The van der Waals surface area contributed by atoms with Crippen molar-refractivity contribution >= 4 is 98.2 Å². The van der Waals surface area contributed by atoms with E-state index < -0.39 is 0 Å². The molecule has 396 valence electrons. The van der Waals surface area contributed by atoms with Crippen molar-refractivity contribution in [1.82, 2.24) is 0 Å². The van der Waals surface area contributed by atoms with E-state index in [-0.39, 0.29) is 75.5 Å². The molecule has 0 aromatic heterocycles. The summed E-state index contributed by atoms with van der Waals surface area (Å²) in [7, 11) is 0. The minimum absolute atomic E-state index is 0. The molecule has 0 radical (unpaired) electrons. The van der Waals surface area contributed by atoms with Gasteiger partial charge in [-0.1, -0.05) is 177 Å². The summed E-state index contributed by atoms with van der Waals surface area (Å²) >= 11 is 0. The minimum atomic E-state index is 0. The van der Waals surface area contributed by atoms with Gasteiger partial charge in [0.1, 0.15) is 0 Å². The Balaban J connectivity index is 0. The molecule has 4 aromatic rings. The molecule has 10 rings (SSSR count). The van der Waals surface area contributed by atoms with E-state index in [2.05, 4.69) is 76.7 Å². The van der Waals surface area contributed by atoms with Crippen LogP contribution in [-0.2, 0) is 28.4 Å². The standard InChI is InChI=1S/4C9H12N.6C4H8O.2Ca/c4*1-8(2)10-9-6-4-3-5-7-9;6*1-2-4-5-3-1;;/h4*3-8H,1-2H3;6*1-4H2;;/q4*-1;;;;;;;2*+2. The van der Waals surface area contributed by atoms with Crippen LogP contribution in [0.25, 0.3) is 21.3 Å². The van der Waals surface area contributed by atoms with Crippen molar-refractivity contribution in [2.75, 3.05) is 79.3 Å². The molecule has 6 heterocycles. The van der Waals surface area contributed by atoms with Crippen molar-refractivity contribution in [3.05, 3.63) is 143 Å². The van der Waals surface area contributed by atoms with E-state index >= 15 is 0 Å². The zero-order chi connectivity index (χ0) is 50.8. The number of ether oxygens (including phenoxy) is 6. The van der Waals surface area contributed by atoms with Crippen LogP contribution in [0, 0.1) is 0 Å². The van der Waals surface area contributed by atoms with Gasteiger partial charge >= 0.3 is 75.5 Å². The molecular formula is C60H96Ca2N4O6. The Labute approximate surface area is 500 Å².